The lowest BCUT2D eigenvalue weighted by molar-refractivity contribution is 0.104. The van der Waals surface area contributed by atoms with Gasteiger partial charge in [-0.1, -0.05) is 89.0 Å². The van der Waals surface area contributed by atoms with Crippen LogP contribution in [0.2, 0.25) is 0 Å². The number of ketones is 1. The van der Waals surface area contributed by atoms with E-state index in [0.29, 0.717) is 0 Å². The van der Waals surface area contributed by atoms with Crippen molar-refractivity contribution < 1.29 is 4.79 Å². The second-order valence-electron chi connectivity index (χ2n) is 8.56. The van der Waals surface area contributed by atoms with Gasteiger partial charge in [0, 0.05) is 10.5 Å². The fourth-order valence-corrected chi connectivity index (χ4v) is 4.75. The second kappa shape index (κ2) is 15.1. The summed E-state index contributed by atoms with van der Waals surface area (Å²) in [7, 11) is 0. The van der Waals surface area contributed by atoms with Crippen molar-refractivity contribution in [2.24, 2.45) is 0 Å². The largest absolute Gasteiger partial charge is 0.289 e. The molecule has 0 amide bonds. The summed E-state index contributed by atoms with van der Waals surface area (Å²) >= 11 is 1.90. The summed E-state index contributed by atoms with van der Waals surface area (Å²) < 4.78 is 0. The molecule has 1 nitrogen and oxygen atoms in total. The fourth-order valence-electron chi connectivity index (χ4n) is 3.84. The standard InChI is InChI=1S/C29H40OS/c1-4-5-6-7-8-9-10-11-12-13-23-31-27-19-17-26(18-20-27)29(30)22-21-28-24(2)15-14-16-25(28)3/h14-22H,4-13,23H2,1-3H3/b22-21+. The highest BCUT2D eigenvalue weighted by molar-refractivity contribution is 7.99. The molecule has 2 aromatic rings. The molecule has 0 saturated carbocycles. The summed E-state index contributed by atoms with van der Waals surface area (Å²) in [5.41, 5.74) is 4.29. The zero-order valence-electron chi connectivity index (χ0n) is 19.8. The number of thioether (sulfide) groups is 1. The zero-order chi connectivity index (χ0) is 22.3. The molecule has 2 heteroatoms. The molecule has 0 aliphatic rings. The van der Waals surface area contributed by atoms with Gasteiger partial charge in [-0.3, -0.25) is 4.79 Å². The molecule has 168 valence electrons. The maximum atomic E-state index is 12.5. The highest BCUT2D eigenvalue weighted by Crippen LogP contribution is 2.21. The van der Waals surface area contributed by atoms with E-state index in [0.717, 1.165) is 16.9 Å². The first kappa shape index (κ1) is 25.5. The van der Waals surface area contributed by atoms with Crippen LogP contribution in [-0.4, -0.2) is 11.5 Å². The van der Waals surface area contributed by atoms with E-state index in [9.17, 15) is 4.79 Å². The first-order valence-corrected chi connectivity index (χ1v) is 13.1. The summed E-state index contributed by atoms with van der Waals surface area (Å²) in [4.78, 5) is 13.8. The van der Waals surface area contributed by atoms with Gasteiger partial charge >= 0.3 is 0 Å². The summed E-state index contributed by atoms with van der Waals surface area (Å²) in [6.45, 7) is 6.44. The maximum Gasteiger partial charge on any atom is 0.185 e. The Morgan fingerprint density at radius 3 is 1.90 bits per heavy atom. The third-order valence-electron chi connectivity index (χ3n) is 5.85. The van der Waals surface area contributed by atoms with Gasteiger partial charge in [-0.2, -0.15) is 0 Å². The molecule has 31 heavy (non-hydrogen) atoms. The van der Waals surface area contributed by atoms with Crippen LogP contribution in [0.5, 0.6) is 0 Å². The molecule has 0 radical (unpaired) electrons. The minimum absolute atomic E-state index is 0.0638. The molecule has 0 atom stereocenters. The van der Waals surface area contributed by atoms with Crippen LogP contribution in [0.4, 0.5) is 0 Å². The minimum atomic E-state index is 0.0638. The lowest BCUT2D eigenvalue weighted by Gasteiger charge is -2.05. The molecular weight excluding hydrogens is 396 g/mol. The summed E-state index contributed by atoms with van der Waals surface area (Å²) in [5, 5.41) is 0. The van der Waals surface area contributed by atoms with Crippen LogP contribution in [0, 0.1) is 13.8 Å². The number of carbonyl (C=O) groups excluding carboxylic acids is 1. The molecule has 0 saturated heterocycles. The Hall–Kier alpha value is -1.80. The Kier molecular flexibility index (Phi) is 12.4. The van der Waals surface area contributed by atoms with Gasteiger partial charge in [-0.05, 0) is 73.1 Å². The molecule has 0 bridgehead atoms. The summed E-state index contributed by atoms with van der Waals surface area (Å²) in [5.74, 6) is 1.23. The lowest BCUT2D eigenvalue weighted by atomic mass is 10.0. The number of carbonyl (C=O) groups is 1. The third kappa shape index (κ3) is 9.91. The third-order valence-corrected chi connectivity index (χ3v) is 6.95. The topological polar surface area (TPSA) is 17.1 Å². The first-order valence-electron chi connectivity index (χ1n) is 12.1. The first-order chi connectivity index (χ1) is 15.1. The van der Waals surface area contributed by atoms with Gasteiger partial charge in [0.25, 0.3) is 0 Å². The fraction of sp³-hybridized carbons (Fsp3) is 0.483. The number of aryl methyl sites for hydroxylation is 2. The molecule has 2 aromatic carbocycles. The number of benzene rings is 2. The van der Waals surface area contributed by atoms with Crippen LogP contribution < -0.4 is 0 Å². The van der Waals surface area contributed by atoms with Crippen LogP contribution in [0.25, 0.3) is 6.08 Å². The molecule has 0 aromatic heterocycles. The Balaban J connectivity index is 1.64. The van der Waals surface area contributed by atoms with Gasteiger partial charge < -0.3 is 0 Å². The predicted molar refractivity (Wildman–Crippen MR) is 138 cm³/mol. The van der Waals surface area contributed by atoms with Crippen molar-refractivity contribution in [2.75, 3.05) is 5.75 Å². The number of unbranched alkanes of at least 4 members (excludes halogenated alkanes) is 9. The van der Waals surface area contributed by atoms with Crippen molar-refractivity contribution >= 4 is 23.6 Å². The van der Waals surface area contributed by atoms with Crippen molar-refractivity contribution in [2.45, 2.75) is 89.9 Å². The molecule has 0 heterocycles. The highest BCUT2D eigenvalue weighted by atomic mass is 32.2. The van der Waals surface area contributed by atoms with E-state index in [4.69, 9.17) is 0 Å². The maximum absolute atomic E-state index is 12.5. The van der Waals surface area contributed by atoms with Crippen molar-refractivity contribution in [3.05, 3.63) is 70.8 Å². The van der Waals surface area contributed by atoms with E-state index < -0.39 is 0 Å². The lowest BCUT2D eigenvalue weighted by Crippen LogP contribution is -1.94. The minimum Gasteiger partial charge on any atom is -0.289 e. The second-order valence-corrected chi connectivity index (χ2v) is 9.73. The Bertz CT molecular complexity index is 784. The van der Waals surface area contributed by atoms with E-state index in [2.05, 4.69) is 51.1 Å². The molecular formula is C29H40OS. The number of rotatable bonds is 15. The van der Waals surface area contributed by atoms with Crippen LogP contribution in [0.3, 0.4) is 0 Å². The molecule has 0 fully saturated rings. The Morgan fingerprint density at radius 2 is 1.32 bits per heavy atom. The summed E-state index contributed by atoms with van der Waals surface area (Å²) in [6, 6.07) is 14.3. The van der Waals surface area contributed by atoms with Gasteiger partial charge in [0.2, 0.25) is 0 Å². The monoisotopic (exact) mass is 436 g/mol. The quantitative estimate of drug-likeness (QED) is 0.120. The smallest absolute Gasteiger partial charge is 0.185 e. The van der Waals surface area contributed by atoms with Gasteiger partial charge in [0.15, 0.2) is 5.78 Å². The van der Waals surface area contributed by atoms with Crippen LogP contribution >= 0.6 is 11.8 Å². The SMILES string of the molecule is CCCCCCCCCCCCSc1ccc(C(=O)/C=C/c2c(C)cccc2C)cc1. The highest BCUT2D eigenvalue weighted by Gasteiger charge is 2.04. The zero-order valence-corrected chi connectivity index (χ0v) is 20.6. The van der Waals surface area contributed by atoms with Crippen molar-refractivity contribution in [1.29, 1.82) is 0 Å². The number of hydrogen-bond acceptors (Lipinski definition) is 2. The van der Waals surface area contributed by atoms with Crippen molar-refractivity contribution in [3.8, 4) is 0 Å². The molecule has 0 aliphatic heterocycles. The van der Waals surface area contributed by atoms with Gasteiger partial charge in [-0.25, -0.2) is 0 Å². The van der Waals surface area contributed by atoms with Crippen molar-refractivity contribution in [3.63, 3.8) is 0 Å². The van der Waals surface area contributed by atoms with Gasteiger partial charge in [0.1, 0.15) is 0 Å². The van der Waals surface area contributed by atoms with Crippen molar-refractivity contribution in [1.82, 2.24) is 0 Å². The van der Waals surface area contributed by atoms with Crippen LogP contribution in [0.1, 0.15) is 98.2 Å². The van der Waals surface area contributed by atoms with Gasteiger partial charge in [0.05, 0.1) is 0 Å². The van der Waals surface area contributed by atoms with E-state index >= 15 is 0 Å². The van der Waals surface area contributed by atoms with Gasteiger partial charge in [-0.15, -0.1) is 11.8 Å². The Labute approximate surface area is 194 Å². The average molecular weight is 437 g/mol. The molecule has 2 rings (SSSR count). The van der Waals surface area contributed by atoms with Crippen LogP contribution in [0.15, 0.2) is 53.4 Å². The summed E-state index contributed by atoms with van der Waals surface area (Å²) in [6.07, 6.45) is 17.4. The number of allylic oxidation sites excluding steroid dienone is 1. The molecule has 0 aliphatic carbocycles. The van der Waals surface area contributed by atoms with E-state index in [1.807, 2.05) is 30.0 Å². The van der Waals surface area contributed by atoms with E-state index in [1.54, 1.807) is 6.08 Å². The predicted octanol–water partition coefficient (Wildman–Crippen LogP) is 9.21. The molecule has 0 N–H and O–H groups in total. The molecule has 0 spiro atoms. The molecule has 0 unspecified atom stereocenters. The average Bonchev–Trinajstić information content (AvgIpc) is 2.77. The number of hydrogen-bond donors (Lipinski definition) is 0. The van der Waals surface area contributed by atoms with Crippen LogP contribution in [-0.2, 0) is 0 Å². The van der Waals surface area contributed by atoms with E-state index in [1.165, 1.54) is 80.2 Å². The normalized spacial score (nSPS) is 11.3. The van der Waals surface area contributed by atoms with E-state index in [-0.39, 0.29) is 5.78 Å². The Morgan fingerprint density at radius 1 is 0.774 bits per heavy atom.